The Morgan fingerprint density at radius 1 is 1.43 bits per heavy atom. The number of amides is 1. The summed E-state index contributed by atoms with van der Waals surface area (Å²) in [5.41, 5.74) is 0.742. The Balaban J connectivity index is 1.69. The van der Waals surface area contributed by atoms with Gasteiger partial charge in [0.1, 0.15) is 12.6 Å². The van der Waals surface area contributed by atoms with Crippen LogP contribution in [0.1, 0.15) is 12.2 Å². The maximum atomic E-state index is 12.6. The summed E-state index contributed by atoms with van der Waals surface area (Å²) in [6, 6.07) is 4.85. The van der Waals surface area contributed by atoms with E-state index in [1.807, 2.05) is 0 Å². The van der Waals surface area contributed by atoms with Crippen LogP contribution >= 0.6 is 34.7 Å². The van der Waals surface area contributed by atoms with Crippen molar-refractivity contribution in [3.63, 3.8) is 0 Å². The first-order valence-corrected chi connectivity index (χ1v) is 8.46. The minimum absolute atomic E-state index is 0.0214. The van der Waals surface area contributed by atoms with Crippen molar-refractivity contribution in [2.45, 2.75) is 19.1 Å². The maximum absolute atomic E-state index is 12.6. The lowest BCUT2D eigenvalue weighted by Gasteiger charge is -2.17. The molecule has 1 unspecified atom stereocenters. The molecule has 0 bridgehead atoms. The minimum atomic E-state index is -0.326. The molecular weight excluding hydrogens is 359 g/mol. The van der Waals surface area contributed by atoms with Gasteiger partial charge in [-0.05, 0) is 24.6 Å². The predicted molar refractivity (Wildman–Crippen MR) is 91.5 cm³/mol. The number of carbonyl (C=O) groups excluding carboxylic acids is 1. The zero-order valence-corrected chi connectivity index (χ0v) is 14.6. The minimum Gasteiger partial charge on any atom is -0.377 e. The van der Waals surface area contributed by atoms with Gasteiger partial charge in [0.25, 0.3) is 0 Å². The number of aromatic nitrogens is 2. The van der Waals surface area contributed by atoms with Gasteiger partial charge in [0.15, 0.2) is 5.82 Å². The van der Waals surface area contributed by atoms with Crippen molar-refractivity contribution >= 4 is 51.5 Å². The summed E-state index contributed by atoms with van der Waals surface area (Å²) >= 11 is 13.2. The molecule has 0 radical (unpaired) electrons. The van der Waals surface area contributed by atoms with Crippen LogP contribution in [0.25, 0.3) is 0 Å². The lowest BCUT2D eigenvalue weighted by molar-refractivity contribution is -0.117. The predicted octanol–water partition coefficient (Wildman–Crippen LogP) is 3.21. The highest BCUT2D eigenvalue weighted by molar-refractivity contribution is 7.09. The van der Waals surface area contributed by atoms with E-state index in [2.05, 4.69) is 14.7 Å². The summed E-state index contributed by atoms with van der Waals surface area (Å²) in [6.07, 6.45) is 0.679. The second-order valence-electron chi connectivity index (χ2n) is 5.02. The van der Waals surface area contributed by atoms with Crippen LogP contribution in [-0.2, 0) is 16.1 Å². The molecule has 1 aliphatic heterocycles. The summed E-state index contributed by atoms with van der Waals surface area (Å²) in [5.74, 6) is 0.582. The molecular formula is C14H14Cl2N4O2S. The van der Waals surface area contributed by atoms with Crippen molar-refractivity contribution in [3.05, 3.63) is 34.1 Å². The summed E-state index contributed by atoms with van der Waals surface area (Å²) in [5, 5.41) is 4.65. The van der Waals surface area contributed by atoms with Gasteiger partial charge < -0.3 is 15.0 Å². The van der Waals surface area contributed by atoms with Crippen LogP contribution in [0.5, 0.6) is 0 Å². The third kappa shape index (κ3) is 3.58. The number of rotatable bonds is 5. The molecule has 1 N–H and O–H groups in total. The summed E-state index contributed by atoms with van der Waals surface area (Å²) in [7, 11) is 1.59. The van der Waals surface area contributed by atoms with Gasteiger partial charge in [-0.25, -0.2) is 4.98 Å². The van der Waals surface area contributed by atoms with E-state index in [1.54, 1.807) is 30.2 Å². The molecule has 1 aromatic heterocycles. The largest absolute Gasteiger partial charge is 0.377 e. The van der Waals surface area contributed by atoms with Crippen molar-refractivity contribution in [2.75, 3.05) is 23.9 Å². The highest BCUT2D eigenvalue weighted by atomic mass is 35.5. The molecule has 2 heterocycles. The first-order chi connectivity index (χ1) is 11.1. The summed E-state index contributed by atoms with van der Waals surface area (Å²) in [4.78, 5) is 18.5. The summed E-state index contributed by atoms with van der Waals surface area (Å²) < 4.78 is 9.14. The van der Waals surface area contributed by atoms with Crippen LogP contribution in [0.2, 0.25) is 10.0 Å². The molecule has 9 heteroatoms. The number of ether oxygens (including phenoxy) is 1. The standard InChI is InChI=1S/C14H14Cl2N4O2S/c1-22-7-12-18-14(23-19-12)17-11-4-5-20(13(11)21)8-2-3-9(15)10(16)6-8/h2-3,6,11H,4-5,7H2,1H3,(H,17,18,19). The maximum Gasteiger partial charge on any atom is 0.249 e. The molecule has 3 rings (SSSR count). The molecule has 0 spiro atoms. The molecule has 2 aromatic rings. The lowest BCUT2D eigenvalue weighted by atomic mass is 10.2. The van der Waals surface area contributed by atoms with Gasteiger partial charge in [-0.2, -0.15) is 4.37 Å². The van der Waals surface area contributed by atoms with Gasteiger partial charge >= 0.3 is 0 Å². The highest BCUT2D eigenvalue weighted by Gasteiger charge is 2.33. The molecule has 1 aliphatic rings. The second-order valence-corrected chi connectivity index (χ2v) is 6.59. The van der Waals surface area contributed by atoms with Crippen LogP contribution in [-0.4, -0.2) is 35.0 Å². The van der Waals surface area contributed by atoms with Gasteiger partial charge in [0.05, 0.1) is 10.0 Å². The number of benzene rings is 1. The van der Waals surface area contributed by atoms with Gasteiger partial charge in [-0.3, -0.25) is 4.79 Å². The fraction of sp³-hybridized carbons (Fsp3) is 0.357. The molecule has 122 valence electrons. The third-order valence-electron chi connectivity index (χ3n) is 3.46. The van der Waals surface area contributed by atoms with E-state index in [0.717, 1.165) is 5.69 Å². The second kappa shape index (κ2) is 7.00. The number of anilines is 2. The SMILES string of the molecule is COCc1nsc(NC2CCN(c3ccc(Cl)c(Cl)c3)C2=O)n1. The van der Waals surface area contributed by atoms with Gasteiger partial charge in [0, 0.05) is 30.9 Å². The van der Waals surface area contributed by atoms with E-state index < -0.39 is 0 Å². The molecule has 23 heavy (non-hydrogen) atoms. The molecule has 6 nitrogen and oxygen atoms in total. The molecule has 1 aromatic carbocycles. The van der Waals surface area contributed by atoms with Crippen LogP contribution in [0, 0.1) is 0 Å². The molecule has 0 aliphatic carbocycles. The Morgan fingerprint density at radius 3 is 3.00 bits per heavy atom. The van der Waals surface area contributed by atoms with E-state index in [0.29, 0.717) is 40.6 Å². The average molecular weight is 373 g/mol. The van der Waals surface area contributed by atoms with E-state index in [1.165, 1.54) is 11.5 Å². The fourth-order valence-corrected chi connectivity index (χ4v) is 3.29. The number of hydrogen-bond acceptors (Lipinski definition) is 6. The first-order valence-electron chi connectivity index (χ1n) is 6.93. The average Bonchev–Trinajstić information content (AvgIpc) is 3.11. The molecule has 1 saturated heterocycles. The zero-order valence-electron chi connectivity index (χ0n) is 12.3. The molecule has 1 atom stereocenters. The number of nitrogens with one attached hydrogen (secondary N) is 1. The van der Waals surface area contributed by atoms with E-state index >= 15 is 0 Å². The van der Waals surface area contributed by atoms with E-state index in [-0.39, 0.29) is 11.9 Å². The van der Waals surface area contributed by atoms with Gasteiger partial charge in [-0.1, -0.05) is 23.2 Å². The van der Waals surface area contributed by atoms with E-state index in [9.17, 15) is 4.79 Å². The van der Waals surface area contributed by atoms with Crippen molar-refractivity contribution in [2.24, 2.45) is 0 Å². The fourth-order valence-electron chi connectivity index (χ4n) is 2.37. The number of nitrogens with zero attached hydrogens (tertiary/aromatic N) is 3. The monoisotopic (exact) mass is 372 g/mol. The van der Waals surface area contributed by atoms with E-state index in [4.69, 9.17) is 27.9 Å². The number of methoxy groups -OCH3 is 1. The van der Waals surface area contributed by atoms with Crippen molar-refractivity contribution in [1.82, 2.24) is 9.36 Å². The van der Waals surface area contributed by atoms with Crippen LogP contribution in [0.3, 0.4) is 0 Å². The molecule has 1 amide bonds. The van der Waals surface area contributed by atoms with Crippen LogP contribution < -0.4 is 10.2 Å². The normalized spacial score (nSPS) is 17.8. The molecule has 0 saturated carbocycles. The lowest BCUT2D eigenvalue weighted by Crippen LogP contribution is -2.33. The van der Waals surface area contributed by atoms with Crippen molar-refractivity contribution in [1.29, 1.82) is 0 Å². The van der Waals surface area contributed by atoms with Crippen LogP contribution in [0.15, 0.2) is 18.2 Å². The molecule has 1 fully saturated rings. The number of carbonyl (C=O) groups is 1. The first kappa shape index (κ1) is 16.4. The van der Waals surface area contributed by atoms with Gasteiger partial charge in [-0.15, -0.1) is 0 Å². The quantitative estimate of drug-likeness (QED) is 0.872. The summed E-state index contributed by atoms with van der Waals surface area (Å²) in [6.45, 7) is 0.963. The number of hydrogen-bond donors (Lipinski definition) is 1. The Kier molecular flexibility index (Phi) is 5.01. The van der Waals surface area contributed by atoms with Crippen LogP contribution in [0.4, 0.5) is 10.8 Å². The Morgan fingerprint density at radius 2 is 2.26 bits per heavy atom. The smallest absolute Gasteiger partial charge is 0.249 e. The Bertz CT molecular complexity index is 725. The van der Waals surface area contributed by atoms with Gasteiger partial charge in [0.2, 0.25) is 11.0 Å². The topological polar surface area (TPSA) is 67.3 Å². The zero-order chi connectivity index (χ0) is 16.4. The Hall–Kier alpha value is -1.41. The Labute approximate surface area is 147 Å². The number of halogens is 2. The van der Waals surface area contributed by atoms with Crippen molar-refractivity contribution < 1.29 is 9.53 Å². The highest BCUT2D eigenvalue weighted by Crippen LogP contribution is 2.30. The van der Waals surface area contributed by atoms with Crippen molar-refractivity contribution in [3.8, 4) is 0 Å². The third-order valence-corrected chi connectivity index (χ3v) is 4.88.